The molecule has 3 aliphatic rings. The van der Waals surface area contributed by atoms with E-state index in [4.69, 9.17) is 0 Å². The van der Waals surface area contributed by atoms with Crippen LogP contribution >= 0.6 is 0 Å². The number of rotatable bonds is 6. The molecule has 0 unspecified atom stereocenters. The van der Waals surface area contributed by atoms with Crippen molar-refractivity contribution >= 4 is 31.5 Å². The van der Waals surface area contributed by atoms with E-state index in [-0.39, 0.29) is 20.9 Å². The lowest BCUT2D eigenvalue weighted by Gasteiger charge is -2.61. The zero-order chi connectivity index (χ0) is 23.5. The van der Waals surface area contributed by atoms with Gasteiger partial charge in [0.15, 0.2) is 9.84 Å². The predicted molar refractivity (Wildman–Crippen MR) is 109 cm³/mol. The Kier molecular flexibility index (Phi) is 5.09. The molecule has 1 amide bonds. The Bertz CT molecular complexity index is 1290. The standard InChI is InChI=1S/C20H19F3N2O5S2/c1-31(27,28)14-3-5-15(6-4-14)32(29,30)25-17-8-13(20(21,22)23)2-7-16(17)18(26)24-19-9-12(10-19)11-19/h2-8,12,25H,9-11H2,1H3,(H,24,26). The summed E-state index contributed by atoms with van der Waals surface area (Å²) < 4.78 is 90.4. The fraction of sp³-hybridized carbons (Fsp3) is 0.350. The van der Waals surface area contributed by atoms with Crippen molar-refractivity contribution in [2.45, 2.75) is 40.8 Å². The second-order valence-corrected chi connectivity index (χ2v) is 12.0. The van der Waals surface area contributed by atoms with Crippen LogP contribution in [-0.4, -0.2) is 34.5 Å². The van der Waals surface area contributed by atoms with Gasteiger partial charge < -0.3 is 5.32 Å². The summed E-state index contributed by atoms with van der Waals surface area (Å²) in [5, 5.41) is 2.80. The Labute approximate surface area is 183 Å². The van der Waals surface area contributed by atoms with Gasteiger partial charge in [0.05, 0.1) is 26.6 Å². The Balaban J connectivity index is 1.67. The highest BCUT2D eigenvalue weighted by molar-refractivity contribution is 7.92. The fourth-order valence-electron chi connectivity index (χ4n) is 4.01. The van der Waals surface area contributed by atoms with Crippen LogP contribution in [0.5, 0.6) is 0 Å². The molecule has 0 heterocycles. The molecule has 2 bridgehead atoms. The second-order valence-electron chi connectivity index (χ2n) is 8.32. The van der Waals surface area contributed by atoms with Crippen molar-refractivity contribution in [3.05, 3.63) is 53.6 Å². The molecule has 0 radical (unpaired) electrons. The van der Waals surface area contributed by atoms with Crippen LogP contribution in [0.2, 0.25) is 0 Å². The van der Waals surface area contributed by atoms with Crippen molar-refractivity contribution in [1.29, 1.82) is 0 Å². The van der Waals surface area contributed by atoms with Gasteiger partial charge in [0.2, 0.25) is 0 Å². The minimum absolute atomic E-state index is 0.117. The van der Waals surface area contributed by atoms with E-state index in [2.05, 4.69) is 10.0 Å². The van der Waals surface area contributed by atoms with Gasteiger partial charge in [0.1, 0.15) is 0 Å². The topological polar surface area (TPSA) is 109 Å². The van der Waals surface area contributed by atoms with Crippen LogP contribution in [0.4, 0.5) is 18.9 Å². The summed E-state index contributed by atoms with van der Waals surface area (Å²) in [6, 6.07) is 6.42. The van der Waals surface area contributed by atoms with Gasteiger partial charge >= 0.3 is 6.18 Å². The van der Waals surface area contributed by atoms with Gasteiger partial charge in [-0.3, -0.25) is 9.52 Å². The lowest BCUT2D eigenvalue weighted by atomic mass is 9.50. The van der Waals surface area contributed by atoms with Gasteiger partial charge in [-0.25, -0.2) is 16.8 Å². The van der Waals surface area contributed by atoms with Crippen LogP contribution in [0.25, 0.3) is 0 Å². The number of alkyl halides is 3. The first-order chi connectivity index (χ1) is 14.7. The minimum Gasteiger partial charge on any atom is -0.347 e. The summed E-state index contributed by atoms with van der Waals surface area (Å²) in [7, 11) is -7.98. The highest BCUT2D eigenvalue weighted by Crippen LogP contribution is 2.57. The smallest absolute Gasteiger partial charge is 0.347 e. The normalized spacial score (nSPS) is 22.4. The number of hydrogen-bond acceptors (Lipinski definition) is 5. The van der Waals surface area contributed by atoms with Crippen molar-refractivity contribution in [2.24, 2.45) is 5.92 Å². The van der Waals surface area contributed by atoms with Crippen molar-refractivity contribution < 1.29 is 34.8 Å². The number of amides is 1. The average Bonchev–Trinajstić information content (AvgIpc) is 2.62. The van der Waals surface area contributed by atoms with Crippen LogP contribution < -0.4 is 10.0 Å². The lowest BCUT2D eigenvalue weighted by Crippen LogP contribution is -2.68. The zero-order valence-corrected chi connectivity index (χ0v) is 18.4. The van der Waals surface area contributed by atoms with Gasteiger partial charge in [-0.05, 0) is 67.6 Å². The molecule has 0 spiro atoms. The number of carbonyl (C=O) groups is 1. The van der Waals surface area contributed by atoms with E-state index in [1.807, 2.05) is 0 Å². The monoisotopic (exact) mass is 488 g/mol. The summed E-state index contributed by atoms with van der Waals surface area (Å²) in [6.45, 7) is 0. The maximum atomic E-state index is 13.2. The Hall–Kier alpha value is -2.60. The van der Waals surface area contributed by atoms with E-state index in [1.54, 1.807) is 0 Å². The van der Waals surface area contributed by atoms with Crippen LogP contribution in [0.3, 0.4) is 0 Å². The third kappa shape index (κ3) is 4.20. The molecular formula is C20H19F3N2O5S2. The van der Waals surface area contributed by atoms with Gasteiger partial charge in [0, 0.05) is 11.8 Å². The lowest BCUT2D eigenvalue weighted by molar-refractivity contribution is -0.137. The first kappa shape index (κ1) is 22.6. The Morgan fingerprint density at radius 2 is 1.53 bits per heavy atom. The number of carbonyl (C=O) groups excluding carboxylic acids is 1. The maximum absolute atomic E-state index is 13.2. The number of benzene rings is 2. The molecule has 2 N–H and O–H groups in total. The van der Waals surface area contributed by atoms with Gasteiger partial charge in [-0.1, -0.05) is 0 Å². The largest absolute Gasteiger partial charge is 0.416 e. The highest BCUT2D eigenvalue weighted by atomic mass is 32.2. The molecule has 32 heavy (non-hydrogen) atoms. The number of anilines is 1. The fourth-order valence-corrected chi connectivity index (χ4v) is 5.71. The molecule has 7 nitrogen and oxygen atoms in total. The summed E-state index contributed by atoms with van der Waals surface area (Å²) in [5.74, 6) is -0.113. The molecule has 0 atom stereocenters. The van der Waals surface area contributed by atoms with Crippen LogP contribution in [-0.2, 0) is 26.0 Å². The molecule has 3 aliphatic carbocycles. The Morgan fingerprint density at radius 1 is 0.969 bits per heavy atom. The van der Waals surface area contributed by atoms with Crippen molar-refractivity contribution in [2.75, 3.05) is 11.0 Å². The highest BCUT2D eigenvalue weighted by Gasteiger charge is 2.57. The van der Waals surface area contributed by atoms with Crippen molar-refractivity contribution in [1.82, 2.24) is 5.32 Å². The molecule has 3 fully saturated rings. The van der Waals surface area contributed by atoms with E-state index in [1.165, 1.54) is 0 Å². The molecule has 2 aromatic rings. The minimum atomic E-state index is -4.75. The molecule has 0 aliphatic heterocycles. The van der Waals surface area contributed by atoms with Crippen LogP contribution in [0.1, 0.15) is 35.2 Å². The van der Waals surface area contributed by atoms with Crippen LogP contribution in [0.15, 0.2) is 52.3 Å². The molecule has 0 saturated heterocycles. The van der Waals surface area contributed by atoms with Crippen LogP contribution in [0, 0.1) is 5.92 Å². The van der Waals surface area contributed by atoms with Gasteiger partial charge in [-0.15, -0.1) is 0 Å². The molecular weight excluding hydrogens is 469 g/mol. The quantitative estimate of drug-likeness (QED) is 0.649. The molecule has 5 rings (SSSR count). The maximum Gasteiger partial charge on any atom is 0.416 e. The molecule has 3 saturated carbocycles. The first-order valence-corrected chi connectivity index (χ1v) is 12.9. The number of nitrogens with one attached hydrogen (secondary N) is 2. The van der Waals surface area contributed by atoms with E-state index < -0.39 is 43.2 Å². The number of sulfone groups is 1. The summed E-state index contributed by atoms with van der Waals surface area (Å²) >= 11 is 0. The zero-order valence-electron chi connectivity index (χ0n) is 16.7. The van der Waals surface area contributed by atoms with E-state index in [0.717, 1.165) is 61.9 Å². The third-order valence-electron chi connectivity index (χ3n) is 5.81. The average molecular weight is 489 g/mol. The first-order valence-electron chi connectivity index (χ1n) is 9.55. The summed E-state index contributed by atoms with van der Waals surface area (Å²) in [4.78, 5) is 12.3. The van der Waals surface area contributed by atoms with Gasteiger partial charge in [-0.2, -0.15) is 13.2 Å². The molecule has 172 valence electrons. The van der Waals surface area contributed by atoms with Gasteiger partial charge in [0.25, 0.3) is 15.9 Å². The molecule has 12 heteroatoms. The van der Waals surface area contributed by atoms with E-state index >= 15 is 0 Å². The second kappa shape index (κ2) is 7.20. The third-order valence-corrected chi connectivity index (χ3v) is 8.32. The van der Waals surface area contributed by atoms with E-state index in [9.17, 15) is 34.8 Å². The van der Waals surface area contributed by atoms with Crippen molar-refractivity contribution in [3.63, 3.8) is 0 Å². The van der Waals surface area contributed by atoms with E-state index in [0.29, 0.717) is 12.0 Å². The predicted octanol–water partition coefficient (Wildman–Crippen LogP) is 3.19. The van der Waals surface area contributed by atoms with Crippen molar-refractivity contribution in [3.8, 4) is 0 Å². The SMILES string of the molecule is CS(=O)(=O)c1ccc(S(=O)(=O)Nc2cc(C(F)(F)F)ccc2C(=O)NC23CC(C2)C3)cc1. The number of halogens is 3. The number of sulfonamides is 1. The Morgan fingerprint density at radius 3 is 2.00 bits per heavy atom. The molecule has 0 aromatic heterocycles. The molecule has 2 aromatic carbocycles. The summed E-state index contributed by atoms with van der Waals surface area (Å²) in [5.41, 5.74) is -2.23. The summed E-state index contributed by atoms with van der Waals surface area (Å²) in [6.07, 6.45) is -1.40. The number of hydrogen-bond donors (Lipinski definition) is 2.